The van der Waals surface area contributed by atoms with Gasteiger partial charge in [-0.05, 0) is 151 Å². The first-order valence-electron chi connectivity index (χ1n) is 22.6. The van der Waals surface area contributed by atoms with Gasteiger partial charge in [-0.3, -0.25) is 19.6 Å². The summed E-state index contributed by atoms with van der Waals surface area (Å²) in [7, 11) is 8.30. The predicted molar refractivity (Wildman–Crippen MR) is 239 cm³/mol. The van der Waals surface area contributed by atoms with Gasteiger partial charge in [0, 0.05) is 89.8 Å². The van der Waals surface area contributed by atoms with E-state index in [0.717, 1.165) is 0 Å². The van der Waals surface area contributed by atoms with Crippen LogP contribution in [0.4, 0.5) is 0 Å². The fraction of sp³-hybridized carbons (Fsp3) is 0.796. The normalized spacial score (nSPS) is 28.1. The summed E-state index contributed by atoms with van der Waals surface area (Å²) in [6.45, 7) is 31.8. The second-order valence-electron chi connectivity index (χ2n) is 23.5. The lowest BCUT2D eigenvalue weighted by Gasteiger charge is -2.53. The number of hydrogen-bond donors (Lipinski definition) is 0. The van der Waals surface area contributed by atoms with Crippen molar-refractivity contribution >= 4 is 23.9 Å². The van der Waals surface area contributed by atoms with E-state index in [1.54, 1.807) is 0 Å². The van der Waals surface area contributed by atoms with E-state index in [2.05, 4.69) is 152 Å². The molecule has 4 saturated heterocycles. The van der Waals surface area contributed by atoms with Crippen LogP contribution in [0.25, 0.3) is 0 Å². The minimum Gasteiger partial charge on any atom is -0.459 e. The van der Waals surface area contributed by atoms with Crippen molar-refractivity contribution in [2.45, 2.75) is 224 Å². The summed E-state index contributed by atoms with van der Waals surface area (Å²) in [6.07, 6.45) is 2.64. The molecule has 0 aromatic heterocycles. The van der Waals surface area contributed by atoms with Gasteiger partial charge >= 0.3 is 23.9 Å². The third kappa shape index (κ3) is 10.2. The SMILES string of the molecule is CC1CC(OC(=O)c2cc(C(=O)OC3CC(C)(C)N(C)C(C)(C)C3)c(C(=O)OC3CC(C)(C)N(C)C(C)(C)C3)cc2C(=O)OC2CC(C)(C)N(C)C(C)(C)C2)CC(C)(C)N1C. The highest BCUT2D eigenvalue weighted by Crippen LogP contribution is 2.42. The molecular formula is C49H80N4O8. The zero-order valence-electron chi connectivity index (χ0n) is 41.3. The smallest absolute Gasteiger partial charge is 0.339 e. The van der Waals surface area contributed by atoms with Gasteiger partial charge in [0.1, 0.15) is 24.4 Å². The van der Waals surface area contributed by atoms with Gasteiger partial charge in [-0.25, -0.2) is 19.2 Å². The Labute approximate surface area is 367 Å². The van der Waals surface area contributed by atoms with E-state index in [4.69, 9.17) is 18.9 Å². The molecule has 2 unspecified atom stereocenters. The second-order valence-corrected chi connectivity index (χ2v) is 23.5. The molecule has 4 fully saturated rings. The molecule has 0 aliphatic carbocycles. The van der Waals surface area contributed by atoms with Crippen molar-refractivity contribution in [3.8, 4) is 0 Å². The number of hydrogen-bond acceptors (Lipinski definition) is 12. The molecular weight excluding hydrogens is 773 g/mol. The minimum absolute atomic E-state index is 0.127. The zero-order chi connectivity index (χ0) is 46.2. The summed E-state index contributed by atoms with van der Waals surface area (Å²) in [4.78, 5) is 67.7. The molecule has 344 valence electrons. The number of ether oxygens (including phenoxy) is 4. The lowest BCUT2D eigenvalue weighted by molar-refractivity contribution is -0.0752. The van der Waals surface area contributed by atoms with E-state index < -0.39 is 48.3 Å². The molecule has 0 spiro atoms. The summed E-state index contributed by atoms with van der Waals surface area (Å²) in [5.74, 6) is -3.06. The summed E-state index contributed by atoms with van der Waals surface area (Å²) >= 11 is 0. The Bertz CT molecular complexity index is 1810. The van der Waals surface area contributed by atoms with Crippen molar-refractivity contribution in [3.63, 3.8) is 0 Å². The number of rotatable bonds is 8. The molecule has 0 N–H and O–H groups in total. The fourth-order valence-electron chi connectivity index (χ4n) is 11.2. The lowest BCUT2D eigenvalue weighted by atomic mass is 9.78. The number of carbonyl (C=O) groups excluding carboxylic acids is 4. The van der Waals surface area contributed by atoms with E-state index in [0.29, 0.717) is 51.4 Å². The van der Waals surface area contributed by atoms with Crippen LogP contribution in [0.1, 0.15) is 197 Å². The molecule has 4 aliphatic rings. The van der Waals surface area contributed by atoms with Crippen LogP contribution in [0, 0.1) is 0 Å². The molecule has 0 amide bonds. The van der Waals surface area contributed by atoms with Gasteiger partial charge in [-0.15, -0.1) is 0 Å². The van der Waals surface area contributed by atoms with Gasteiger partial charge in [0.2, 0.25) is 0 Å². The van der Waals surface area contributed by atoms with Crippen molar-refractivity contribution in [2.75, 3.05) is 28.2 Å². The standard InChI is InChI=1S/C49H80N4O8/c1-30-20-31(23-43(2,3)50(30)16)58-39(54)35-21-37(41(56)60-33-26-46(8,9)52(18)47(10,11)27-33)38(42(57)61-34-28-48(12,13)53(19)49(14,15)29-34)22-36(35)40(55)59-32-24-44(4,5)51(17)45(6,7)25-32/h21-22,30-34H,20,23-29H2,1-19H3. The summed E-state index contributed by atoms with van der Waals surface area (Å²) < 4.78 is 25.2. The average molecular weight is 853 g/mol. The van der Waals surface area contributed by atoms with E-state index in [1.165, 1.54) is 12.1 Å². The molecule has 12 nitrogen and oxygen atoms in total. The monoisotopic (exact) mass is 853 g/mol. The number of piperidine rings is 4. The molecule has 0 bridgehead atoms. The second kappa shape index (κ2) is 16.5. The molecule has 0 radical (unpaired) electrons. The number of likely N-dealkylation sites (tertiary alicyclic amines) is 4. The minimum atomic E-state index is -0.765. The van der Waals surface area contributed by atoms with Gasteiger partial charge in [0.25, 0.3) is 0 Å². The third-order valence-electron chi connectivity index (χ3n) is 15.9. The highest BCUT2D eigenvalue weighted by Gasteiger charge is 2.48. The number of carbonyl (C=O) groups is 4. The van der Waals surface area contributed by atoms with Gasteiger partial charge in [-0.2, -0.15) is 0 Å². The van der Waals surface area contributed by atoms with Crippen molar-refractivity contribution in [1.82, 2.24) is 19.6 Å². The van der Waals surface area contributed by atoms with Gasteiger partial charge in [0.05, 0.1) is 22.3 Å². The van der Waals surface area contributed by atoms with Crippen molar-refractivity contribution in [1.29, 1.82) is 0 Å². The van der Waals surface area contributed by atoms with E-state index in [9.17, 15) is 19.2 Å². The molecule has 4 heterocycles. The Balaban J connectivity index is 1.61. The highest BCUT2D eigenvalue weighted by molar-refractivity contribution is 6.10. The molecule has 4 aliphatic heterocycles. The Morgan fingerprint density at radius 2 is 0.623 bits per heavy atom. The topological polar surface area (TPSA) is 118 Å². The lowest BCUT2D eigenvalue weighted by Crippen LogP contribution is -2.60. The van der Waals surface area contributed by atoms with Gasteiger partial charge in [0.15, 0.2) is 0 Å². The van der Waals surface area contributed by atoms with Crippen molar-refractivity contribution in [3.05, 3.63) is 34.4 Å². The quantitative estimate of drug-likeness (QED) is 0.184. The summed E-state index contributed by atoms with van der Waals surface area (Å²) in [6, 6.07) is 2.76. The maximum Gasteiger partial charge on any atom is 0.339 e. The Morgan fingerprint density at radius 1 is 0.410 bits per heavy atom. The Hall–Kier alpha value is -3.06. The molecule has 12 heteroatoms. The summed E-state index contributed by atoms with van der Waals surface area (Å²) in [5, 5.41) is 0. The van der Waals surface area contributed by atoms with Crippen LogP contribution in [0.3, 0.4) is 0 Å². The van der Waals surface area contributed by atoms with Crippen LogP contribution in [0.2, 0.25) is 0 Å². The number of benzene rings is 1. The molecule has 1 aromatic carbocycles. The summed E-state index contributed by atoms with van der Waals surface area (Å²) in [5.41, 5.74) is -2.58. The van der Waals surface area contributed by atoms with Gasteiger partial charge < -0.3 is 18.9 Å². The molecule has 5 rings (SSSR count). The number of nitrogens with zero attached hydrogens (tertiary/aromatic N) is 4. The zero-order valence-corrected chi connectivity index (χ0v) is 41.3. The molecule has 61 heavy (non-hydrogen) atoms. The first-order chi connectivity index (χ1) is 27.6. The van der Waals surface area contributed by atoms with Crippen LogP contribution in [0.15, 0.2) is 12.1 Å². The Morgan fingerprint density at radius 3 is 0.852 bits per heavy atom. The molecule has 0 saturated carbocycles. The van der Waals surface area contributed by atoms with Crippen LogP contribution in [-0.2, 0) is 18.9 Å². The predicted octanol–water partition coefficient (Wildman–Crippen LogP) is 8.53. The average Bonchev–Trinajstić information content (AvgIpc) is 3.09. The fourth-order valence-corrected chi connectivity index (χ4v) is 11.2. The van der Waals surface area contributed by atoms with E-state index in [-0.39, 0.29) is 67.1 Å². The third-order valence-corrected chi connectivity index (χ3v) is 15.9. The van der Waals surface area contributed by atoms with E-state index >= 15 is 0 Å². The number of esters is 4. The van der Waals surface area contributed by atoms with Crippen LogP contribution in [-0.4, -0.2) is 141 Å². The van der Waals surface area contributed by atoms with Crippen LogP contribution < -0.4 is 0 Å². The van der Waals surface area contributed by atoms with E-state index in [1.807, 2.05) is 0 Å². The highest BCUT2D eigenvalue weighted by atomic mass is 16.6. The molecule has 1 aromatic rings. The maximum atomic E-state index is 14.7. The molecule has 2 atom stereocenters. The Kier molecular flexibility index (Phi) is 13.2. The van der Waals surface area contributed by atoms with Crippen LogP contribution >= 0.6 is 0 Å². The van der Waals surface area contributed by atoms with Crippen LogP contribution in [0.5, 0.6) is 0 Å². The van der Waals surface area contributed by atoms with Gasteiger partial charge in [-0.1, -0.05) is 0 Å². The first kappa shape index (κ1) is 49.0. The maximum absolute atomic E-state index is 14.7. The van der Waals surface area contributed by atoms with Crippen molar-refractivity contribution < 1.29 is 38.1 Å². The first-order valence-corrected chi connectivity index (χ1v) is 22.6. The largest absolute Gasteiger partial charge is 0.459 e. The van der Waals surface area contributed by atoms with Crippen molar-refractivity contribution in [2.24, 2.45) is 0 Å².